The molecule has 0 saturated heterocycles. The lowest BCUT2D eigenvalue weighted by Gasteiger charge is -2.35. The van der Waals surface area contributed by atoms with Crippen LogP contribution < -0.4 is 11.1 Å². The molecule has 1 fully saturated rings. The molecule has 1 aromatic rings. The highest BCUT2D eigenvalue weighted by molar-refractivity contribution is 5.45. The van der Waals surface area contributed by atoms with Gasteiger partial charge in [0.1, 0.15) is 0 Å². The third-order valence-electron chi connectivity index (χ3n) is 4.98. The van der Waals surface area contributed by atoms with Gasteiger partial charge in [0.05, 0.1) is 0 Å². The summed E-state index contributed by atoms with van der Waals surface area (Å²) < 4.78 is 0. The summed E-state index contributed by atoms with van der Waals surface area (Å²) in [6.45, 7) is 7.84. The molecule has 1 aromatic carbocycles. The molecule has 1 aliphatic carbocycles. The van der Waals surface area contributed by atoms with E-state index in [2.05, 4.69) is 56.4 Å². The molecule has 3 N–H and O–H groups in total. The molecule has 2 heteroatoms. The lowest BCUT2D eigenvalue weighted by atomic mass is 9.76. The fourth-order valence-electron chi connectivity index (χ4n) is 3.48. The van der Waals surface area contributed by atoms with Crippen LogP contribution in [0.25, 0.3) is 0 Å². The summed E-state index contributed by atoms with van der Waals surface area (Å²) in [5, 5.41) is 3.73. The van der Waals surface area contributed by atoms with Crippen LogP contribution in [0.5, 0.6) is 0 Å². The normalized spacial score (nSPS) is 27.9. The van der Waals surface area contributed by atoms with Gasteiger partial charge in [0, 0.05) is 17.8 Å². The van der Waals surface area contributed by atoms with E-state index in [1.54, 1.807) is 0 Å². The smallest absolute Gasteiger partial charge is 0.0495 e. The maximum absolute atomic E-state index is 6.15. The molecule has 0 radical (unpaired) electrons. The summed E-state index contributed by atoms with van der Waals surface area (Å²) in [5.74, 6) is 0.813. The Morgan fingerprint density at radius 1 is 1.15 bits per heavy atom. The first-order valence-electron chi connectivity index (χ1n) is 7.98. The zero-order chi connectivity index (χ0) is 14.6. The van der Waals surface area contributed by atoms with Gasteiger partial charge in [-0.05, 0) is 49.1 Å². The first-order valence-corrected chi connectivity index (χ1v) is 7.98. The largest absolute Gasteiger partial charge is 0.378 e. The van der Waals surface area contributed by atoms with E-state index >= 15 is 0 Å². The van der Waals surface area contributed by atoms with Crippen molar-refractivity contribution in [3.05, 3.63) is 30.3 Å². The van der Waals surface area contributed by atoms with Gasteiger partial charge in [-0.3, -0.25) is 0 Å². The fourth-order valence-corrected chi connectivity index (χ4v) is 3.48. The zero-order valence-electron chi connectivity index (χ0n) is 13.3. The van der Waals surface area contributed by atoms with E-state index < -0.39 is 0 Å². The summed E-state index contributed by atoms with van der Waals surface area (Å²) in [6.07, 6.45) is 6.26. The van der Waals surface area contributed by atoms with Crippen molar-refractivity contribution in [3.8, 4) is 0 Å². The molecule has 2 unspecified atom stereocenters. The van der Waals surface area contributed by atoms with Crippen LogP contribution in [0.1, 0.15) is 52.9 Å². The topological polar surface area (TPSA) is 38.0 Å². The minimum absolute atomic E-state index is 0.0847. The van der Waals surface area contributed by atoms with E-state index in [0.29, 0.717) is 5.41 Å². The van der Waals surface area contributed by atoms with E-state index in [1.165, 1.54) is 37.8 Å². The van der Waals surface area contributed by atoms with Crippen LogP contribution in [-0.2, 0) is 0 Å². The summed E-state index contributed by atoms with van der Waals surface area (Å²) in [6, 6.07) is 10.5. The van der Waals surface area contributed by atoms with Gasteiger partial charge >= 0.3 is 0 Å². The molecule has 1 saturated carbocycles. The molecule has 0 heterocycles. The number of para-hydroxylation sites is 1. The van der Waals surface area contributed by atoms with Crippen molar-refractivity contribution in [2.45, 2.75) is 58.4 Å². The SMILES string of the molecule is CC(C)(C)C1CCCC(CN)(Nc2ccccc2)CC1. The van der Waals surface area contributed by atoms with Crippen molar-refractivity contribution in [2.75, 3.05) is 11.9 Å². The van der Waals surface area contributed by atoms with Crippen LogP contribution in [0.3, 0.4) is 0 Å². The van der Waals surface area contributed by atoms with Gasteiger partial charge in [-0.15, -0.1) is 0 Å². The van der Waals surface area contributed by atoms with Crippen LogP contribution in [0.2, 0.25) is 0 Å². The predicted molar refractivity (Wildman–Crippen MR) is 87.9 cm³/mol. The van der Waals surface area contributed by atoms with Gasteiger partial charge in [-0.25, -0.2) is 0 Å². The number of benzene rings is 1. The lowest BCUT2D eigenvalue weighted by molar-refractivity contribution is 0.212. The van der Waals surface area contributed by atoms with E-state index in [0.717, 1.165) is 12.5 Å². The van der Waals surface area contributed by atoms with Gasteiger partial charge in [0.2, 0.25) is 0 Å². The quantitative estimate of drug-likeness (QED) is 0.801. The zero-order valence-corrected chi connectivity index (χ0v) is 13.3. The summed E-state index contributed by atoms with van der Waals surface area (Å²) in [7, 11) is 0. The number of rotatable bonds is 3. The maximum atomic E-state index is 6.15. The highest BCUT2D eigenvalue weighted by atomic mass is 15.0. The second kappa shape index (κ2) is 6.17. The maximum Gasteiger partial charge on any atom is 0.0495 e. The van der Waals surface area contributed by atoms with Crippen molar-refractivity contribution in [1.82, 2.24) is 0 Å². The number of nitrogens with two attached hydrogens (primary N) is 1. The van der Waals surface area contributed by atoms with Crippen LogP contribution in [0, 0.1) is 11.3 Å². The van der Waals surface area contributed by atoms with Crippen LogP contribution in [-0.4, -0.2) is 12.1 Å². The van der Waals surface area contributed by atoms with Crippen molar-refractivity contribution in [1.29, 1.82) is 0 Å². The molecule has 112 valence electrons. The standard InChI is InChI=1S/C18H30N2/c1-17(2,3)15-8-7-12-18(14-19,13-11-15)20-16-9-5-4-6-10-16/h4-6,9-10,15,20H,7-8,11-14,19H2,1-3H3. The highest BCUT2D eigenvalue weighted by Gasteiger charge is 2.35. The predicted octanol–water partition coefficient (Wildman–Crippen LogP) is 4.42. The summed E-state index contributed by atoms with van der Waals surface area (Å²) in [5.41, 5.74) is 7.85. The highest BCUT2D eigenvalue weighted by Crippen LogP contribution is 2.40. The van der Waals surface area contributed by atoms with E-state index in [4.69, 9.17) is 5.73 Å². The van der Waals surface area contributed by atoms with Crippen molar-refractivity contribution in [3.63, 3.8) is 0 Å². The average Bonchev–Trinajstić information content (AvgIpc) is 2.63. The van der Waals surface area contributed by atoms with E-state index in [9.17, 15) is 0 Å². The monoisotopic (exact) mass is 274 g/mol. The summed E-state index contributed by atoms with van der Waals surface area (Å²) >= 11 is 0. The molecule has 2 rings (SSSR count). The van der Waals surface area contributed by atoms with Gasteiger partial charge in [-0.1, -0.05) is 45.4 Å². The Balaban J connectivity index is 2.08. The molecule has 0 aromatic heterocycles. The first-order chi connectivity index (χ1) is 9.45. The molecule has 2 nitrogen and oxygen atoms in total. The Hall–Kier alpha value is -1.02. The van der Waals surface area contributed by atoms with Gasteiger partial charge in [-0.2, -0.15) is 0 Å². The van der Waals surface area contributed by atoms with Crippen molar-refractivity contribution < 1.29 is 0 Å². The van der Waals surface area contributed by atoms with Crippen LogP contribution in [0.15, 0.2) is 30.3 Å². The van der Waals surface area contributed by atoms with E-state index in [1.807, 2.05) is 0 Å². The second-order valence-electron chi connectivity index (χ2n) is 7.47. The Labute approximate surface area is 124 Å². The van der Waals surface area contributed by atoms with Crippen LogP contribution >= 0.6 is 0 Å². The Morgan fingerprint density at radius 2 is 1.85 bits per heavy atom. The molecule has 20 heavy (non-hydrogen) atoms. The summed E-state index contributed by atoms with van der Waals surface area (Å²) in [4.78, 5) is 0. The molecule has 1 aliphatic rings. The number of anilines is 1. The van der Waals surface area contributed by atoms with E-state index in [-0.39, 0.29) is 5.54 Å². The fraction of sp³-hybridized carbons (Fsp3) is 0.667. The molecule has 0 bridgehead atoms. The van der Waals surface area contributed by atoms with Crippen molar-refractivity contribution >= 4 is 5.69 Å². The average molecular weight is 274 g/mol. The number of nitrogens with one attached hydrogen (secondary N) is 1. The Morgan fingerprint density at radius 3 is 2.45 bits per heavy atom. The molecule has 0 aliphatic heterocycles. The molecule has 0 amide bonds. The lowest BCUT2D eigenvalue weighted by Crippen LogP contribution is -2.45. The third kappa shape index (κ3) is 3.76. The molecular weight excluding hydrogens is 244 g/mol. The first kappa shape index (κ1) is 15.4. The minimum atomic E-state index is 0.0847. The molecule has 2 atom stereocenters. The Kier molecular flexibility index (Phi) is 4.74. The second-order valence-corrected chi connectivity index (χ2v) is 7.47. The van der Waals surface area contributed by atoms with Crippen molar-refractivity contribution in [2.24, 2.45) is 17.1 Å². The Bertz CT molecular complexity index is 407. The van der Waals surface area contributed by atoms with Crippen LogP contribution in [0.4, 0.5) is 5.69 Å². The molecular formula is C18H30N2. The third-order valence-corrected chi connectivity index (χ3v) is 4.98. The van der Waals surface area contributed by atoms with Gasteiger partial charge < -0.3 is 11.1 Å². The van der Waals surface area contributed by atoms with Gasteiger partial charge in [0.15, 0.2) is 0 Å². The molecule has 0 spiro atoms. The van der Waals surface area contributed by atoms with Gasteiger partial charge in [0.25, 0.3) is 0 Å². The minimum Gasteiger partial charge on any atom is -0.378 e. The number of hydrogen-bond donors (Lipinski definition) is 2. The number of hydrogen-bond acceptors (Lipinski definition) is 2.